The van der Waals surface area contributed by atoms with Crippen LogP contribution in [0.3, 0.4) is 0 Å². The Morgan fingerprint density at radius 2 is 0.719 bits per heavy atom. The van der Waals surface area contributed by atoms with E-state index in [-0.39, 0.29) is 63.1 Å². The number of carbonyl (C=O) groups excluding carboxylic acids is 9. The second kappa shape index (κ2) is 60.9. The predicted octanol–water partition coefficient (Wildman–Crippen LogP) is 12.0. The van der Waals surface area contributed by atoms with Gasteiger partial charge >= 0.3 is 0 Å². The number of terminal acetylenes is 1. The minimum atomic E-state index is -1.86. The molecule has 6 aromatic rings. The Bertz CT molecular complexity index is 4960. The number of carbonyl (C=O) groups is 9. The van der Waals surface area contributed by atoms with Crippen LogP contribution in [0.2, 0.25) is 0 Å². The Hall–Kier alpha value is -10.1. The summed E-state index contributed by atoms with van der Waals surface area (Å²) in [5, 5.41) is 35.6. The number of unbranched alkanes of at least 4 members (excludes halogenated alkanes) is 1. The Balaban J connectivity index is 0.000000234. The van der Waals surface area contributed by atoms with Gasteiger partial charge in [-0.1, -0.05) is 79.3 Å². The van der Waals surface area contributed by atoms with Crippen LogP contribution in [0, 0.1) is 39.6 Å². The molecule has 6 aromatic carbocycles. The second-order valence-electron chi connectivity index (χ2n) is 34.4. The van der Waals surface area contributed by atoms with E-state index in [4.69, 9.17) is 73.1 Å². The van der Waals surface area contributed by atoms with Gasteiger partial charge in [0.15, 0.2) is 65.4 Å². The summed E-state index contributed by atoms with van der Waals surface area (Å²) in [6.07, 6.45) is 21.1. The summed E-state index contributed by atoms with van der Waals surface area (Å²) < 4.78 is 75.7. The molecule has 5 saturated heterocycles. The fourth-order valence-corrected chi connectivity index (χ4v) is 15.5. The summed E-state index contributed by atoms with van der Waals surface area (Å²) >= 11 is 2.14. The van der Waals surface area contributed by atoms with Crippen LogP contribution in [0.4, 0.5) is 0 Å². The highest BCUT2D eigenvalue weighted by atomic mass is 127. The van der Waals surface area contributed by atoms with Crippen LogP contribution < -0.4 is 16.0 Å². The predicted molar refractivity (Wildman–Crippen MR) is 529 cm³/mol. The fraction of sp³-hybridized carbons (Fsp3) is 0.523. The summed E-state index contributed by atoms with van der Waals surface area (Å²) in [7, 11) is 8.44. The first-order valence-electron chi connectivity index (χ1n) is 47.8. The van der Waals surface area contributed by atoms with Crippen molar-refractivity contribution in [2.45, 2.75) is 216 Å². The van der Waals surface area contributed by atoms with Crippen LogP contribution >= 0.6 is 22.6 Å². The minimum absolute atomic E-state index is 0.0389. The molecule has 0 aromatic heterocycles. The molecule has 754 valence electrons. The molecule has 0 radical (unpaired) electrons. The third kappa shape index (κ3) is 35.5. The molecule has 0 saturated carbocycles. The van der Waals surface area contributed by atoms with Crippen molar-refractivity contribution in [2.24, 2.45) is 0 Å². The van der Waals surface area contributed by atoms with E-state index in [0.29, 0.717) is 99.9 Å². The highest BCUT2D eigenvalue weighted by Crippen LogP contribution is 2.31. The van der Waals surface area contributed by atoms with Crippen LogP contribution in [-0.4, -0.2) is 279 Å². The highest BCUT2D eigenvalue weighted by molar-refractivity contribution is 14.1. The number of aliphatic hydroxyl groups excluding tert-OH is 3. The summed E-state index contributed by atoms with van der Waals surface area (Å²) in [6, 6.07) is 43.0. The molecule has 5 aliphatic heterocycles. The fourth-order valence-electron chi connectivity index (χ4n) is 15.1. The zero-order chi connectivity index (χ0) is 101. The van der Waals surface area contributed by atoms with Crippen LogP contribution in [-0.2, 0) is 90.3 Å². The van der Waals surface area contributed by atoms with Gasteiger partial charge in [0.25, 0.3) is 35.4 Å². The van der Waals surface area contributed by atoms with Crippen LogP contribution in [0.1, 0.15) is 244 Å². The molecule has 8 unspecified atom stereocenters. The number of aliphatic hydroxyl groups is 3. The van der Waals surface area contributed by atoms with E-state index in [0.717, 1.165) is 157 Å². The van der Waals surface area contributed by atoms with Crippen LogP contribution in [0.25, 0.3) is 0 Å². The zero-order valence-corrected chi connectivity index (χ0v) is 84.0. The first-order valence-corrected chi connectivity index (χ1v) is 48.9. The maximum atomic E-state index is 13.5. The zero-order valence-electron chi connectivity index (χ0n) is 81.8. The molecule has 5 fully saturated rings. The molecule has 0 aliphatic carbocycles. The van der Waals surface area contributed by atoms with Gasteiger partial charge in [-0.2, -0.15) is 0 Å². The van der Waals surface area contributed by atoms with Gasteiger partial charge in [0, 0.05) is 150 Å². The number of benzene rings is 6. The normalized spacial score (nSPS) is 18.7. The van der Waals surface area contributed by atoms with Gasteiger partial charge in [0.05, 0.1) is 26.4 Å². The number of Topliss-reactive ketones (excluding diaryl/α,β-unsaturated/α-hetero) is 3. The Kier molecular flexibility index (Phi) is 50.0. The standard InChI is InChI=1S/C38H50N2O8.C27H32N2O7.C23H32O5.C19H25IN2O5/c1-5-6-23-44-26-32(48-35-12-8-10-25-46-35)30-19-15-28(16-20-30)13-14-29-17-21-31(22-18-29)36(42)40(4)38(2,37(43)39-3)33(41)27-47-34-11-7-9-24-45-34;1-27(24(33)17-31,26(35)28-2)29(3)25(34)22-13-9-20(10-14-22)6-5-19-7-11-21(12-8-19)23(32)18-36-16-4-15-30;1-2-19-10-12-20(13-11-19)21(28-23-9-4-6-16-27-23)18-24-14-7-17-26-22-8-3-5-15-25-22;1-19(18(25)21-2,15(23)12-27-16-6-4-5-11-26-16)22(3)17(24)13-7-9-14(20)10-8-13/h15-22,32,34-35H,5-12,23-27H2,1-4H3,(H,39,43);7-14,23,30-32H,4,15-18H2,1-3H3,(H,28,35);1,10-13,21-23H,3-9,14-18H2;7-10,16H,4-6,11-12H2,1-3H3,(H,21,25)/t32?,34?,35?,38-;23?,27-;;16?,19-/m11.1/s1. The average Bonchev–Trinajstić information content (AvgIpc) is 0.790. The SMILES string of the molecule is C#Cc1ccc(C(COCCCOC2CCCCO2)OC2CCCCO2)cc1.CCCCOCC(OC1CCCCO1)c1ccc(C#Cc2ccc(C(=O)N(C)[C@](C)(C(=O)COC3CCCCO3)C(=O)NC)cc2)cc1.CNC(=O)[C@@](C)(C(=O)CO)N(C)C(=O)c1ccc(C#Cc2ccc(C(O)COCCCO)cc2)cc1.CNC(=O)[C@@](C)(C(=O)COC1CCCCO1)N(C)C(=O)c1ccc(I)cc1. The molecule has 0 bridgehead atoms. The highest BCUT2D eigenvalue weighted by Gasteiger charge is 2.50. The molecule has 5 heterocycles. The first-order chi connectivity index (χ1) is 67.1. The molecule has 139 heavy (non-hydrogen) atoms. The Labute approximate surface area is 831 Å². The number of nitrogens with one attached hydrogen (secondary N) is 3. The summed E-state index contributed by atoms with van der Waals surface area (Å²) in [4.78, 5) is 119. The van der Waals surface area contributed by atoms with Crippen molar-refractivity contribution in [1.29, 1.82) is 0 Å². The molecule has 11 atom stereocenters. The Morgan fingerprint density at radius 1 is 0.410 bits per heavy atom. The van der Waals surface area contributed by atoms with E-state index >= 15 is 0 Å². The Morgan fingerprint density at radius 3 is 1.05 bits per heavy atom. The van der Waals surface area contributed by atoms with Crippen molar-refractivity contribution >= 4 is 75.4 Å². The van der Waals surface area contributed by atoms with Crippen LogP contribution in [0.15, 0.2) is 146 Å². The third-order valence-electron chi connectivity index (χ3n) is 24.6. The number of hydrogen-bond donors (Lipinski definition) is 6. The number of halogens is 1. The van der Waals surface area contributed by atoms with Gasteiger partial charge in [-0.15, -0.1) is 6.42 Å². The van der Waals surface area contributed by atoms with Crippen molar-refractivity contribution in [3.63, 3.8) is 0 Å². The van der Waals surface area contributed by atoms with Crippen molar-refractivity contribution in [3.05, 3.63) is 210 Å². The van der Waals surface area contributed by atoms with Gasteiger partial charge in [0.2, 0.25) is 0 Å². The van der Waals surface area contributed by atoms with E-state index in [1.165, 1.54) is 74.4 Å². The maximum Gasteiger partial charge on any atom is 0.254 e. The quantitative estimate of drug-likeness (QED) is 0.00896. The van der Waals surface area contributed by atoms with Gasteiger partial charge in [0.1, 0.15) is 38.1 Å². The average molecular weight is 2040 g/mol. The van der Waals surface area contributed by atoms with E-state index in [9.17, 15) is 53.4 Å². The molecule has 6 amide bonds. The summed E-state index contributed by atoms with van der Waals surface area (Å²) in [6.45, 7) is 11.7. The van der Waals surface area contributed by atoms with Crippen molar-refractivity contribution < 1.29 is 120 Å². The summed E-state index contributed by atoms with van der Waals surface area (Å²) in [5.41, 5.74) is 2.19. The number of nitrogens with zero attached hydrogens (tertiary/aromatic N) is 3. The lowest BCUT2D eigenvalue weighted by Gasteiger charge is -2.36. The van der Waals surface area contributed by atoms with Gasteiger partial charge in [-0.05, 0) is 285 Å². The van der Waals surface area contributed by atoms with Gasteiger partial charge in [-0.3, -0.25) is 43.2 Å². The lowest BCUT2D eigenvalue weighted by Crippen LogP contribution is -2.62. The molecular formula is C107H139IN6O25. The van der Waals surface area contributed by atoms with Crippen molar-refractivity contribution in [1.82, 2.24) is 30.7 Å². The lowest BCUT2D eigenvalue weighted by molar-refractivity contribution is -0.200. The summed E-state index contributed by atoms with van der Waals surface area (Å²) in [5.74, 6) is 9.82. The van der Waals surface area contributed by atoms with Gasteiger partial charge in [-0.25, -0.2) is 0 Å². The lowest BCUT2D eigenvalue weighted by atomic mass is 9.92. The minimum Gasteiger partial charge on any atom is -0.396 e. The van der Waals surface area contributed by atoms with Gasteiger partial charge < -0.3 is 108 Å². The second-order valence-corrected chi connectivity index (χ2v) is 35.6. The van der Waals surface area contributed by atoms with Crippen LogP contribution in [0.5, 0.6) is 0 Å². The molecule has 32 heteroatoms. The van der Waals surface area contributed by atoms with Crippen molar-refractivity contribution in [3.8, 4) is 36.0 Å². The number of amides is 6. The largest absolute Gasteiger partial charge is 0.396 e. The van der Waals surface area contributed by atoms with E-state index in [1.54, 1.807) is 97.1 Å². The number of likely N-dealkylation sites (N-methyl/N-ethyl adjacent to an activating group) is 6. The third-order valence-corrected chi connectivity index (χ3v) is 25.3. The maximum absolute atomic E-state index is 13.5. The van der Waals surface area contributed by atoms with Crippen molar-refractivity contribution in [2.75, 3.05) is 148 Å². The van der Waals surface area contributed by atoms with E-state index < -0.39 is 94.7 Å². The monoisotopic (exact) mass is 2030 g/mol. The number of hydrogen-bond acceptors (Lipinski definition) is 25. The molecule has 31 nitrogen and oxygen atoms in total. The molecular weight excluding hydrogens is 1900 g/mol. The molecule has 6 N–H and O–H groups in total. The van der Waals surface area contributed by atoms with E-state index in [2.05, 4.69) is 75.1 Å². The van der Waals surface area contributed by atoms with E-state index in [1.807, 2.05) is 48.5 Å². The molecule has 5 aliphatic rings. The molecule has 0 spiro atoms. The number of ether oxygens (including phenoxy) is 13. The molecule has 11 rings (SSSR count). The first kappa shape index (κ1) is 114. The topological polar surface area (TPSA) is 380 Å². The number of rotatable bonds is 43. The smallest absolute Gasteiger partial charge is 0.254 e. The number of ketones is 3.